The fraction of sp³-hybridized carbons (Fsp3) is 0.727. The Bertz CT molecular complexity index is 357. The number of likely N-dealkylation sites (tertiary alicyclic amines) is 1. The molecule has 1 N–H and O–H groups in total. The molecule has 0 bridgehead atoms. The molecule has 0 saturated carbocycles. The van der Waals surface area contributed by atoms with Crippen LogP contribution in [0.4, 0.5) is 4.79 Å². The lowest BCUT2D eigenvalue weighted by atomic mass is 10.0. The highest BCUT2D eigenvalue weighted by Gasteiger charge is 2.47. The SMILES string of the molecule is C[C@H]1CC(=O)N(C(=O)OC(C)(C)C)[C@@H]1C(=O)O. The molecule has 1 aliphatic heterocycles. The Morgan fingerprint density at radius 1 is 1.41 bits per heavy atom. The van der Waals surface area contributed by atoms with Gasteiger partial charge in [0.1, 0.15) is 11.6 Å². The van der Waals surface area contributed by atoms with E-state index in [9.17, 15) is 14.4 Å². The van der Waals surface area contributed by atoms with Gasteiger partial charge in [-0.2, -0.15) is 0 Å². The molecule has 2 amide bonds. The highest BCUT2D eigenvalue weighted by molar-refractivity contribution is 5.99. The Morgan fingerprint density at radius 2 is 1.94 bits per heavy atom. The molecule has 0 aliphatic carbocycles. The lowest BCUT2D eigenvalue weighted by molar-refractivity contribution is -0.146. The number of carboxylic acids is 1. The molecule has 1 rings (SSSR count). The number of ether oxygens (including phenoxy) is 1. The quantitative estimate of drug-likeness (QED) is 0.749. The number of carbonyl (C=O) groups excluding carboxylic acids is 2. The van der Waals surface area contributed by atoms with Crippen molar-refractivity contribution < 1.29 is 24.2 Å². The summed E-state index contributed by atoms with van der Waals surface area (Å²) in [5, 5.41) is 9.02. The van der Waals surface area contributed by atoms with E-state index in [0.717, 1.165) is 0 Å². The summed E-state index contributed by atoms with van der Waals surface area (Å²) in [5.41, 5.74) is -0.758. The van der Waals surface area contributed by atoms with Crippen LogP contribution >= 0.6 is 0 Å². The van der Waals surface area contributed by atoms with Crippen molar-refractivity contribution in [1.29, 1.82) is 0 Å². The zero-order valence-corrected chi connectivity index (χ0v) is 10.4. The number of imide groups is 1. The second-order valence-corrected chi connectivity index (χ2v) is 5.21. The molecule has 1 fully saturated rings. The standard InChI is InChI=1S/C11H17NO5/c1-6-5-7(13)12(8(6)9(14)15)10(16)17-11(2,3)4/h6,8H,5H2,1-4H3,(H,14,15)/t6-,8-/m0/s1. The smallest absolute Gasteiger partial charge is 0.417 e. The van der Waals surface area contributed by atoms with E-state index in [1.165, 1.54) is 0 Å². The Morgan fingerprint density at radius 3 is 2.35 bits per heavy atom. The molecule has 17 heavy (non-hydrogen) atoms. The maximum atomic E-state index is 11.8. The fourth-order valence-electron chi connectivity index (χ4n) is 1.78. The molecule has 0 spiro atoms. The second-order valence-electron chi connectivity index (χ2n) is 5.21. The predicted molar refractivity (Wildman–Crippen MR) is 58.3 cm³/mol. The summed E-state index contributed by atoms with van der Waals surface area (Å²) in [6.07, 6.45) is -0.838. The monoisotopic (exact) mass is 243 g/mol. The van der Waals surface area contributed by atoms with Gasteiger partial charge < -0.3 is 9.84 Å². The zero-order chi connectivity index (χ0) is 13.4. The number of hydrogen-bond donors (Lipinski definition) is 1. The molecule has 0 radical (unpaired) electrons. The number of amides is 2. The van der Waals surface area contributed by atoms with Crippen LogP contribution in [0.2, 0.25) is 0 Å². The van der Waals surface area contributed by atoms with Crippen molar-refractivity contribution in [2.45, 2.75) is 45.8 Å². The van der Waals surface area contributed by atoms with Crippen LogP contribution in [0, 0.1) is 5.92 Å². The molecule has 0 aromatic carbocycles. The normalized spacial score (nSPS) is 24.9. The highest BCUT2D eigenvalue weighted by atomic mass is 16.6. The molecular formula is C11H17NO5. The summed E-state index contributed by atoms with van der Waals surface area (Å²) in [6, 6.07) is -1.13. The molecule has 6 nitrogen and oxygen atoms in total. The van der Waals surface area contributed by atoms with E-state index in [2.05, 4.69) is 0 Å². The van der Waals surface area contributed by atoms with E-state index >= 15 is 0 Å². The summed E-state index contributed by atoms with van der Waals surface area (Å²) in [4.78, 5) is 35.1. The third-order valence-electron chi connectivity index (χ3n) is 2.43. The van der Waals surface area contributed by atoms with E-state index < -0.39 is 35.5 Å². The molecule has 6 heteroatoms. The van der Waals surface area contributed by atoms with Gasteiger partial charge in [-0.3, -0.25) is 4.79 Å². The Kier molecular flexibility index (Phi) is 3.45. The second kappa shape index (κ2) is 4.35. The first-order chi connectivity index (χ1) is 7.63. The van der Waals surface area contributed by atoms with Gasteiger partial charge in [0.05, 0.1) is 0 Å². The third-order valence-corrected chi connectivity index (χ3v) is 2.43. The van der Waals surface area contributed by atoms with Crippen molar-refractivity contribution in [2.24, 2.45) is 5.92 Å². The van der Waals surface area contributed by atoms with E-state index in [4.69, 9.17) is 9.84 Å². The molecule has 0 unspecified atom stereocenters. The van der Waals surface area contributed by atoms with E-state index in [-0.39, 0.29) is 6.42 Å². The van der Waals surface area contributed by atoms with Gasteiger partial charge in [0.2, 0.25) is 5.91 Å². The van der Waals surface area contributed by atoms with Gasteiger partial charge in [-0.1, -0.05) is 6.92 Å². The fourth-order valence-corrected chi connectivity index (χ4v) is 1.78. The molecular weight excluding hydrogens is 226 g/mol. The van der Waals surface area contributed by atoms with E-state index in [0.29, 0.717) is 4.90 Å². The van der Waals surface area contributed by atoms with Crippen LogP contribution in [0.5, 0.6) is 0 Å². The van der Waals surface area contributed by atoms with Gasteiger partial charge in [0.15, 0.2) is 0 Å². The minimum Gasteiger partial charge on any atom is -0.480 e. The van der Waals surface area contributed by atoms with Crippen molar-refractivity contribution in [1.82, 2.24) is 4.90 Å². The summed E-state index contributed by atoms with van der Waals surface area (Å²) in [6.45, 7) is 6.60. The molecule has 2 atom stereocenters. The van der Waals surface area contributed by atoms with Gasteiger partial charge in [-0.05, 0) is 26.7 Å². The summed E-state index contributed by atoms with van der Waals surface area (Å²) in [5.74, 6) is -2.08. The van der Waals surface area contributed by atoms with Gasteiger partial charge in [-0.25, -0.2) is 14.5 Å². The van der Waals surface area contributed by atoms with Crippen LogP contribution < -0.4 is 0 Å². The van der Waals surface area contributed by atoms with Gasteiger partial charge >= 0.3 is 12.1 Å². The molecule has 96 valence electrons. The average Bonchev–Trinajstić information content (AvgIpc) is 2.37. The average molecular weight is 243 g/mol. The van der Waals surface area contributed by atoms with E-state index in [1.807, 2.05) is 0 Å². The molecule has 0 aromatic rings. The Hall–Kier alpha value is -1.59. The van der Waals surface area contributed by atoms with Crippen LogP contribution in [0.1, 0.15) is 34.1 Å². The topological polar surface area (TPSA) is 83.9 Å². The largest absolute Gasteiger partial charge is 0.480 e. The molecule has 1 saturated heterocycles. The first-order valence-electron chi connectivity index (χ1n) is 5.41. The van der Waals surface area contributed by atoms with Crippen molar-refractivity contribution in [2.75, 3.05) is 0 Å². The number of aliphatic carboxylic acids is 1. The van der Waals surface area contributed by atoms with Gasteiger partial charge in [0.25, 0.3) is 0 Å². The Labute approximate surface area is 99.5 Å². The number of rotatable bonds is 1. The molecule has 1 heterocycles. The summed E-state index contributed by atoms with van der Waals surface area (Å²) in [7, 11) is 0. The lowest BCUT2D eigenvalue weighted by Gasteiger charge is -2.26. The Balaban J connectivity index is 2.90. The summed E-state index contributed by atoms with van der Waals surface area (Å²) < 4.78 is 5.02. The first-order valence-corrected chi connectivity index (χ1v) is 5.41. The van der Waals surface area contributed by atoms with Crippen LogP contribution in [0.25, 0.3) is 0 Å². The third kappa shape index (κ3) is 2.95. The van der Waals surface area contributed by atoms with Crippen molar-refractivity contribution in [3.63, 3.8) is 0 Å². The maximum Gasteiger partial charge on any atom is 0.417 e. The number of nitrogens with zero attached hydrogens (tertiary/aromatic N) is 1. The minimum atomic E-state index is -1.19. The van der Waals surface area contributed by atoms with E-state index in [1.54, 1.807) is 27.7 Å². The van der Waals surface area contributed by atoms with Crippen LogP contribution in [-0.2, 0) is 14.3 Å². The maximum absolute atomic E-state index is 11.8. The van der Waals surface area contributed by atoms with Crippen molar-refractivity contribution in [3.05, 3.63) is 0 Å². The van der Waals surface area contributed by atoms with Crippen LogP contribution in [-0.4, -0.2) is 39.6 Å². The van der Waals surface area contributed by atoms with Crippen LogP contribution in [0.3, 0.4) is 0 Å². The lowest BCUT2D eigenvalue weighted by Crippen LogP contribution is -2.46. The van der Waals surface area contributed by atoms with Crippen molar-refractivity contribution >= 4 is 18.0 Å². The predicted octanol–water partition coefficient (Wildman–Crippen LogP) is 1.24. The molecule has 1 aliphatic rings. The highest BCUT2D eigenvalue weighted by Crippen LogP contribution is 2.27. The number of hydrogen-bond acceptors (Lipinski definition) is 4. The summed E-state index contributed by atoms with van der Waals surface area (Å²) >= 11 is 0. The van der Waals surface area contributed by atoms with Crippen LogP contribution in [0.15, 0.2) is 0 Å². The first kappa shape index (κ1) is 13.5. The minimum absolute atomic E-state index is 0.0518. The molecule has 0 aromatic heterocycles. The van der Waals surface area contributed by atoms with Crippen molar-refractivity contribution in [3.8, 4) is 0 Å². The van der Waals surface area contributed by atoms with Gasteiger partial charge in [0, 0.05) is 6.42 Å². The number of carbonyl (C=O) groups is 3. The zero-order valence-electron chi connectivity index (χ0n) is 10.4. The van der Waals surface area contributed by atoms with Gasteiger partial charge in [-0.15, -0.1) is 0 Å². The number of carboxylic acid groups (broad SMARTS) is 1.